The Balaban J connectivity index is 1.18. The van der Waals surface area contributed by atoms with E-state index in [4.69, 9.17) is 0 Å². The second kappa shape index (κ2) is 12.0. The molecule has 1 aliphatic carbocycles. The van der Waals surface area contributed by atoms with E-state index in [1.807, 2.05) is 0 Å². The third kappa shape index (κ3) is 4.87. The van der Waals surface area contributed by atoms with Crippen LogP contribution in [-0.4, -0.2) is 4.57 Å². The molecule has 2 heteroatoms. The number of hydrogen-bond donors (Lipinski definition) is 0. The molecule has 1 aromatic heterocycles. The zero-order chi connectivity index (χ0) is 33.7. The van der Waals surface area contributed by atoms with Gasteiger partial charge in [-0.3, -0.25) is 0 Å². The lowest BCUT2D eigenvalue weighted by Crippen LogP contribution is -2.11. The average Bonchev–Trinajstić information content (AvgIpc) is 3.74. The van der Waals surface area contributed by atoms with Gasteiger partial charge in [0.1, 0.15) is 0 Å². The summed E-state index contributed by atoms with van der Waals surface area (Å²) in [5.74, 6) is 0. The first-order valence-electron chi connectivity index (χ1n) is 17.7. The first-order chi connectivity index (χ1) is 25.3. The zero-order valence-electron chi connectivity index (χ0n) is 28.1. The van der Waals surface area contributed by atoms with Crippen molar-refractivity contribution < 1.29 is 0 Å². The summed E-state index contributed by atoms with van der Waals surface area (Å²) in [6.45, 7) is 0. The Morgan fingerprint density at radius 2 is 0.980 bits per heavy atom. The molecule has 0 bridgehead atoms. The number of hydrogen-bond acceptors (Lipinski definition) is 1. The molecule has 1 heterocycles. The topological polar surface area (TPSA) is 8.17 Å². The van der Waals surface area contributed by atoms with E-state index < -0.39 is 0 Å². The molecule has 0 atom stereocenters. The van der Waals surface area contributed by atoms with Gasteiger partial charge in [-0.1, -0.05) is 140 Å². The van der Waals surface area contributed by atoms with Gasteiger partial charge >= 0.3 is 0 Å². The van der Waals surface area contributed by atoms with E-state index in [0.717, 1.165) is 23.5 Å². The van der Waals surface area contributed by atoms with Crippen LogP contribution in [0.2, 0.25) is 0 Å². The van der Waals surface area contributed by atoms with Crippen molar-refractivity contribution in [2.75, 3.05) is 4.90 Å². The summed E-state index contributed by atoms with van der Waals surface area (Å²) in [4.78, 5) is 2.42. The summed E-state index contributed by atoms with van der Waals surface area (Å²) in [7, 11) is 0. The van der Waals surface area contributed by atoms with E-state index in [1.54, 1.807) is 0 Å². The van der Waals surface area contributed by atoms with E-state index >= 15 is 0 Å². The minimum Gasteiger partial charge on any atom is -0.310 e. The van der Waals surface area contributed by atoms with Crippen LogP contribution in [-0.2, 0) is 6.42 Å². The lowest BCUT2D eigenvalue weighted by molar-refractivity contribution is 1.18. The largest absolute Gasteiger partial charge is 0.310 e. The molecule has 0 N–H and O–H groups in total. The van der Waals surface area contributed by atoms with Gasteiger partial charge in [-0.05, 0) is 94.4 Å². The fraction of sp³-hybridized carbons (Fsp3) is 0.0204. The normalized spacial score (nSPS) is 11.8. The summed E-state index contributed by atoms with van der Waals surface area (Å²) >= 11 is 0. The van der Waals surface area contributed by atoms with Crippen LogP contribution in [0.4, 0.5) is 17.1 Å². The molecule has 9 aromatic rings. The molecule has 0 aliphatic heterocycles. The average molecular weight is 651 g/mol. The smallest absolute Gasteiger partial charge is 0.0541 e. The van der Waals surface area contributed by atoms with E-state index in [-0.39, 0.29) is 0 Å². The van der Waals surface area contributed by atoms with Crippen molar-refractivity contribution in [3.8, 4) is 39.1 Å². The van der Waals surface area contributed by atoms with Gasteiger partial charge in [0.2, 0.25) is 0 Å². The van der Waals surface area contributed by atoms with Crippen LogP contribution < -0.4 is 4.90 Å². The Labute approximate surface area is 298 Å². The molecule has 0 saturated carbocycles. The predicted octanol–water partition coefficient (Wildman–Crippen LogP) is 13.2. The highest BCUT2D eigenvalue weighted by molar-refractivity contribution is 6.09. The second-order valence-corrected chi connectivity index (χ2v) is 13.3. The van der Waals surface area contributed by atoms with Crippen molar-refractivity contribution in [1.29, 1.82) is 0 Å². The van der Waals surface area contributed by atoms with E-state index in [9.17, 15) is 0 Å². The predicted molar refractivity (Wildman–Crippen MR) is 215 cm³/mol. The highest BCUT2D eigenvalue weighted by Crippen LogP contribution is 2.46. The molecule has 10 rings (SSSR count). The lowest BCUT2D eigenvalue weighted by Gasteiger charge is -2.29. The number of rotatable bonds is 6. The first kappa shape index (κ1) is 29.3. The van der Waals surface area contributed by atoms with E-state index in [2.05, 4.69) is 204 Å². The van der Waals surface area contributed by atoms with Gasteiger partial charge in [0, 0.05) is 33.3 Å². The van der Waals surface area contributed by atoms with Crippen molar-refractivity contribution in [2.24, 2.45) is 0 Å². The fourth-order valence-electron chi connectivity index (χ4n) is 8.12. The quantitative estimate of drug-likeness (QED) is 0.174. The summed E-state index contributed by atoms with van der Waals surface area (Å²) in [5.41, 5.74) is 17.2. The number of nitrogens with zero attached hydrogens (tertiary/aromatic N) is 2. The SMILES string of the molecule is c1ccc(-c2cc(-c3ccccc3-n3c4ccccc4c4ccccc43)ccc2N(c2ccccc2)c2ccc3c(c2)Cc2ccccc2-3)cc1. The zero-order valence-corrected chi connectivity index (χ0v) is 28.1. The standard InChI is InChI=1S/C49H34N2/c1-3-15-34(16-4-1)45-33-36(42-21-9-12-24-46(42)51-47-25-13-10-22-43(47)44-23-11-14-26-48(44)51)27-30-49(45)50(38-18-5-2-6-19-38)39-28-29-41-37(32-39)31-35-17-7-8-20-40(35)41/h1-30,32-33H,31H2. The molecule has 0 radical (unpaired) electrons. The van der Waals surface area contributed by atoms with Gasteiger partial charge in [0.05, 0.1) is 22.4 Å². The molecule has 8 aromatic carbocycles. The third-order valence-corrected chi connectivity index (χ3v) is 10.4. The second-order valence-electron chi connectivity index (χ2n) is 13.3. The maximum atomic E-state index is 2.43. The summed E-state index contributed by atoms with van der Waals surface area (Å²) in [6, 6.07) is 70.7. The van der Waals surface area contributed by atoms with E-state index in [1.165, 1.54) is 72.0 Å². The van der Waals surface area contributed by atoms with Gasteiger partial charge in [0.15, 0.2) is 0 Å². The number of benzene rings is 8. The van der Waals surface area contributed by atoms with Crippen LogP contribution in [0.5, 0.6) is 0 Å². The van der Waals surface area contributed by atoms with Crippen LogP contribution >= 0.6 is 0 Å². The van der Waals surface area contributed by atoms with Crippen LogP contribution in [0.1, 0.15) is 11.1 Å². The van der Waals surface area contributed by atoms with Crippen molar-refractivity contribution in [3.05, 3.63) is 205 Å². The number of para-hydroxylation sites is 4. The van der Waals surface area contributed by atoms with Crippen molar-refractivity contribution in [1.82, 2.24) is 4.57 Å². The molecule has 0 fully saturated rings. The Morgan fingerprint density at radius 1 is 0.373 bits per heavy atom. The molecular formula is C49H34N2. The van der Waals surface area contributed by atoms with Crippen molar-refractivity contribution in [3.63, 3.8) is 0 Å². The highest BCUT2D eigenvalue weighted by Gasteiger charge is 2.23. The maximum absolute atomic E-state index is 2.43. The molecule has 0 unspecified atom stereocenters. The van der Waals surface area contributed by atoms with Gasteiger partial charge < -0.3 is 9.47 Å². The lowest BCUT2D eigenvalue weighted by atomic mass is 9.95. The minimum absolute atomic E-state index is 0.950. The Morgan fingerprint density at radius 3 is 1.75 bits per heavy atom. The summed E-state index contributed by atoms with van der Waals surface area (Å²) < 4.78 is 2.43. The maximum Gasteiger partial charge on any atom is 0.0541 e. The van der Waals surface area contributed by atoms with Crippen LogP contribution in [0.25, 0.3) is 60.9 Å². The summed E-state index contributed by atoms with van der Waals surface area (Å²) in [5, 5.41) is 2.53. The van der Waals surface area contributed by atoms with Gasteiger partial charge in [-0.15, -0.1) is 0 Å². The molecule has 0 spiro atoms. The number of fused-ring (bicyclic) bond motifs is 6. The Bertz CT molecular complexity index is 2670. The highest BCUT2D eigenvalue weighted by atomic mass is 15.1. The molecule has 2 nitrogen and oxygen atoms in total. The van der Waals surface area contributed by atoms with Crippen LogP contribution in [0.15, 0.2) is 194 Å². The number of anilines is 3. The van der Waals surface area contributed by atoms with Crippen molar-refractivity contribution >= 4 is 38.9 Å². The number of aromatic nitrogens is 1. The van der Waals surface area contributed by atoms with E-state index in [0.29, 0.717) is 0 Å². The molecule has 1 aliphatic rings. The van der Waals surface area contributed by atoms with Gasteiger partial charge in [-0.25, -0.2) is 0 Å². The molecule has 0 saturated heterocycles. The van der Waals surface area contributed by atoms with Crippen LogP contribution in [0.3, 0.4) is 0 Å². The fourth-order valence-corrected chi connectivity index (χ4v) is 8.12. The molecule has 51 heavy (non-hydrogen) atoms. The monoisotopic (exact) mass is 650 g/mol. The summed E-state index contributed by atoms with van der Waals surface area (Å²) in [6.07, 6.45) is 0.950. The van der Waals surface area contributed by atoms with Crippen LogP contribution in [0, 0.1) is 0 Å². The Hall–Kier alpha value is -6.64. The van der Waals surface area contributed by atoms with Crippen molar-refractivity contribution in [2.45, 2.75) is 6.42 Å². The first-order valence-corrected chi connectivity index (χ1v) is 17.7. The Kier molecular flexibility index (Phi) is 6.92. The minimum atomic E-state index is 0.950. The molecule has 240 valence electrons. The third-order valence-electron chi connectivity index (χ3n) is 10.4. The van der Waals surface area contributed by atoms with Gasteiger partial charge in [-0.2, -0.15) is 0 Å². The van der Waals surface area contributed by atoms with Gasteiger partial charge in [0.25, 0.3) is 0 Å². The molecule has 0 amide bonds. The molecular weight excluding hydrogens is 617 g/mol.